The quantitative estimate of drug-likeness (QED) is 0.266. The molecule has 0 fully saturated rings. The van der Waals surface area contributed by atoms with Crippen LogP contribution in [0.2, 0.25) is 0 Å². The zero-order chi connectivity index (χ0) is 11.5. The Balaban J connectivity index is -0.00000000556. The number of carbonyl (C=O) groups is 4. The van der Waals surface area contributed by atoms with Gasteiger partial charge in [-0.25, -0.2) is 12.2 Å². The van der Waals surface area contributed by atoms with E-state index in [4.69, 9.17) is 19.2 Å². The first kappa shape index (κ1) is 86.1. The molecule has 0 amide bonds. The van der Waals surface area contributed by atoms with E-state index in [1.54, 1.807) is 0 Å². The Morgan fingerprint density at radius 1 is 0.650 bits per heavy atom. The van der Waals surface area contributed by atoms with Crippen LogP contribution in [0.15, 0.2) is 18.2 Å². The zero-order valence-electron chi connectivity index (χ0n) is 10.0. The maximum absolute atomic E-state index is 8.00. The number of rotatable bonds is 0. The third kappa shape index (κ3) is 185. The topological polar surface area (TPSA) is 68.3 Å². The molecule has 0 aliphatic heterocycles. The number of allylic oxidation sites excluding steroid dienone is 4. The number of carbonyl (C=O) groups excluding carboxylic acids is 4. The van der Waals surface area contributed by atoms with Gasteiger partial charge < -0.3 is 93.6 Å². The molecule has 1 aliphatic carbocycles. The first-order chi connectivity index (χ1) is 6.50. The van der Waals surface area contributed by atoms with Gasteiger partial charge in [0.1, 0.15) is 27.2 Å². The van der Waals surface area contributed by atoms with E-state index in [1.165, 1.54) is 0 Å². The second-order valence-electron chi connectivity index (χ2n) is 1.00. The minimum absolute atomic E-state index is 0. The van der Waals surface area contributed by atoms with Crippen molar-refractivity contribution in [1.29, 1.82) is 0 Å². The van der Waals surface area contributed by atoms with Gasteiger partial charge in [0.15, 0.2) is 0 Å². The van der Waals surface area contributed by atoms with Gasteiger partial charge in [-0.3, -0.25) is 6.08 Å². The monoisotopic (exact) mass is 582 g/mol. The van der Waals surface area contributed by atoms with E-state index in [2.05, 4.69) is 12.2 Å². The molecule has 0 unspecified atom stereocenters. The van der Waals surface area contributed by atoms with Gasteiger partial charge in [0, 0.05) is 20.4 Å². The van der Waals surface area contributed by atoms with E-state index >= 15 is 0 Å². The van der Waals surface area contributed by atoms with Crippen LogP contribution in [-0.4, -0.2) is 27.2 Å². The van der Waals surface area contributed by atoms with Gasteiger partial charge in [-0.1, -0.05) is 0 Å². The molecule has 4 nitrogen and oxygen atoms in total. The summed E-state index contributed by atoms with van der Waals surface area (Å²) in [5, 5.41) is 0. The minimum Gasteiger partial charge on any atom is -1.00 e. The van der Waals surface area contributed by atoms with Gasteiger partial charge in [-0.15, -0.1) is 6.42 Å². The average Bonchev–Trinajstić information content (AvgIpc) is 2.87. The predicted octanol–water partition coefficient (Wildman–Crippen LogP) is -17.4. The minimum atomic E-state index is 0. The van der Waals surface area contributed by atoms with Crippen LogP contribution in [-0.2, 0) is 39.6 Å². The molecule has 0 saturated heterocycles. The van der Waals surface area contributed by atoms with Crippen LogP contribution in [0.4, 0.5) is 0 Å². The summed E-state index contributed by atoms with van der Waals surface area (Å²) in [4.78, 5) is 32.0. The standard InChI is InChI=1S/C5H5.4CH2O.6ClH.Re/c1-2-4-5-3-1;4*1-2;;;;;;;/h1-3H,4H2;4*1H2;6*1H;/q-1;;;;;;;;;;;/p-6. The number of hydrogen-bond acceptors (Lipinski definition) is 4. The van der Waals surface area contributed by atoms with Crippen LogP contribution in [0.3, 0.4) is 0 Å². The summed E-state index contributed by atoms with van der Waals surface area (Å²) in [7, 11) is 0. The third-order valence-corrected chi connectivity index (χ3v) is 0.586. The molecule has 0 bridgehead atoms. The van der Waals surface area contributed by atoms with E-state index in [9.17, 15) is 0 Å². The van der Waals surface area contributed by atoms with Crippen molar-refractivity contribution in [2.45, 2.75) is 6.42 Å². The van der Waals surface area contributed by atoms with Crippen molar-refractivity contribution in [1.82, 2.24) is 0 Å². The number of hydrogen-bond donors (Lipinski definition) is 0. The maximum Gasteiger partial charge on any atom is 0.106 e. The molecule has 0 saturated carbocycles. The summed E-state index contributed by atoms with van der Waals surface area (Å²) in [5.41, 5.74) is 0. The first-order valence-corrected chi connectivity index (χ1v) is 2.87. The Labute approximate surface area is 171 Å². The maximum atomic E-state index is 8.00. The molecule has 0 spiro atoms. The molecule has 1 aliphatic rings. The summed E-state index contributed by atoms with van der Waals surface area (Å²) >= 11 is 0. The van der Waals surface area contributed by atoms with E-state index in [0.717, 1.165) is 6.42 Å². The number of halogens is 6. The molecule has 1 rings (SSSR count). The predicted molar refractivity (Wildman–Crippen MR) is 50.1 cm³/mol. The van der Waals surface area contributed by atoms with Gasteiger partial charge >= 0.3 is 0 Å². The summed E-state index contributed by atoms with van der Waals surface area (Å²) in [5.74, 6) is 0. The van der Waals surface area contributed by atoms with E-state index in [0.29, 0.717) is 0 Å². The van der Waals surface area contributed by atoms with Crippen molar-refractivity contribution in [3.63, 3.8) is 0 Å². The normalized spacial score (nSPS) is 5.20. The molecule has 0 atom stereocenters. The SMILES string of the molecule is C=O.C=O.C=O.C=O.[C-]1=CC=CC1.[Cl-].[Cl-].[Cl-].[Cl-].[Cl-].[Cl-].[Re]. The van der Waals surface area contributed by atoms with E-state index < -0.39 is 0 Å². The zero-order valence-corrected chi connectivity index (χ0v) is 17.3. The van der Waals surface area contributed by atoms with Gasteiger partial charge in [0.2, 0.25) is 0 Å². The smallest absolute Gasteiger partial charge is 0.106 e. The van der Waals surface area contributed by atoms with Crippen LogP contribution in [0.5, 0.6) is 0 Å². The fourth-order valence-electron chi connectivity index (χ4n) is 0.340. The molecule has 0 aromatic rings. The Morgan fingerprint density at radius 3 is 0.950 bits per heavy atom. The summed E-state index contributed by atoms with van der Waals surface area (Å²) in [6.07, 6.45) is 10.0. The van der Waals surface area contributed by atoms with Gasteiger partial charge in [0.05, 0.1) is 0 Å². The molecule has 11 heteroatoms. The fraction of sp³-hybridized carbons (Fsp3) is 0.111. The second kappa shape index (κ2) is 218. The summed E-state index contributed by atoms with van der Waals surface area (Å²) in [6.45, 7) is 8.00. The first-order valence-electron chi connectivity index (χ1n) is 2.87. The van der Waals surface area contributed by atoms with Gasteiger partial charge in [-0.05, 0) is 0 Å². The fourth-order valence-corrected chi connectivity index (χ4v) is 0.340. The largest absolute Gasteiger partial charge is 1.00 e. The summed E-state index contributed by atoms with van der Waals surface area (Å²) in [6, 6.07) is 0. The van der Waals surface area contributed by atoms with Crippen LogP contribution in [0.25, 0.3) is 0 Å². The van der Waals surface area contributed by atoms with Crippen LogP contribution >= 0.6 is 0 Å². The molecule has 1 radical (unpaired) electrons. The van der Waals surface area contributed by atoms with Crippen molar-refractivity contribution in [3.8, 4) is 0 Å². The van der Waals surface area contributed by atoms with Crippen molar-refractivity contribution >= 4 is 27.2 Å². The van der Waals surface area contributed by atoms with Gasteiger partial charge in [0.25, 0.3) is 0 Å². The van der Waals surface area contributed by atoms with Crippen molar-refractivity contribution in [3.05, 3.63) is 24.3 Å². The van der Waals surface area contributed by atoms with Crippen molar-refractivity contribution in [2.24, 2.45) is 0 Å². The summed E-state index contributed by atoms with van der Waals surface area (Å²) < 4.78 is 0. The molecule has 0 aromatic heterocycles. The third-order valence-electron chi connectivity index (χ3n) is 0.586. The Kier molecular flexibility index (Phi) is 937. The Hall–Kier alpha value is 0.562. The average molecular weight is 584 g/mol. The second-order valence-corrected chi connectivity index (χ2v) is 1.00. The van der Waals surface area contributed by atoms with Crippen molar-refractivity contribution < 1.29 is 114 Å². The molecule has 0 aromatic carbocycles. The van der Waals surface area contributed by atoms with E-state index in [1.807, 2.05) is 39.3 Å². The Bertz CT molecular complexity index is 126. The van der Waals surface area contributed by atoms with Crippen LogP contribution in [0.1, 0.15) is 6.42 Å². The molecular weight excluding hydrogens is 571 g/mol. The molecule has 20 heavy (non-hydrogen) atoms. The molecule has 0 heterocycles. The molecular formula is C9H13Cl6O4Re-7. The molecule has 0 N–H and O–H groups in total. The molecule has 129 valence electrons. The van der Waals surface area contributed by atoms with Crippen LogP contribution < -0.4 is 74.4 Å². The van der Waals surface area contributed by atoms with E-state index in [-0.39, 0.29) is 94.9 Å². The van der Waals surface area contributed by atoms with Crippen molar-refractivity contribution in [2.75, 3.05) is 0 Å². The Morgan fingerprint density at radius 2 is 0.900 bits per heavy atom. The van der Waals surface area contributed by atoms with Crippen LogP contribution in [0, 0.1) is 6.08 Å². The van der Waals surface area contributed by atoms with Gasteiger partial charge in [-0.2, -0.15) is 6.08 Å².